The van der Waals surface area contributed by atoms with Crippen molar-refractivity contribution in [3.05, 3.63) is 29.8 Å². The summed E-state index contributed by atoms with van der Waals surface area (Å²) in [6.45, 7) is 0.692. The van der Waals surface area contributed by atoms with Gasteiger partial charge in [-0.2, -0.15) is 0 Å². The van der Waals surface area contributed by atoms with Crippen LogP contribution in [0, 0.1) is 17.3 Å². The number of ether oxygens (including phenoxy) is 1. The average Bonchev–Trinajstić information content (AvgIpc) is 2.53. The molecule has 0 saturated heterocycles. The average molecular weight is 348 g/mol. The molecule has 1 aromatic rings. The van der Waals surface area contributed by atoms with Crippen LogP contribution in [0.1, 0.15) is 44.1 Å². The van der Waals surface area contributed by atoms with Gasteiger partial charge in [-0.05, 0) is 74.5 Å². The highest BCUT2D eigenvalue weighted by Crippen LogP contribution is 2.63. The van der Waals surface area contributed by atoms with Crippen molar-refractivity contribution < 1.29 is 9.53 Å². The molecule has 3 nitrogen and oxygen atoms in total. The number of methoxy groups -OCH3 is 1. The maximum Gasteiger partial charge on any atom is 0.226 e. The number of rotatable bonds is 5. The molecule has 2 unspecified atom stereocenters. The van der Waals surface area contributed by atoms with E-state index in [1.165, 1.54) is 12.0 Å². The zero-order chi connectivity index (χ0) is 16.8. The quantitative estimate of drug-likeness (QED) is 0.819. The lowest BCUT2D eigenvalue weighted by atomic mass is 9.49. The summed E-state index contributed by atoms with van der Waals surface area (Å²) >= 11 is 6.83. The minimum Gasteiger partial charge on any atom is -0.497 e. The van der Waals surface area contributed by atoms with Crippen LogP contribution in [0.25, 0.3) is 0 Å². The van der Waals surface area contributed by atoms with Crippen LogP contribution < -0.4 is 10.1 Å². The first-order chi connectivity index (χ1) is 11.5. The van der Waals surface area contributed by atoms with Gasteiger partial charge in [0.05, 0.1) is 12.5 Å². The summed E-state index contributed by atoms with van der Waals surface area (Å²) in [7, 11) is 1.67. The van der Waals surface area contributed by atoms with Gasteiger partial charge in [0.1, 0.15) is 5.75 Å². The van der Waals surface area contributed by atoms with Gasteiger partial charge in [0.15, 0.2) is 0 Å². The molecule has 2 atom stereocenters. The van der Waals surface area contributed by atoms with Crippen molar-refractivity contribution in [3.8, 4) is 5.75 Å². The summed E-state index contributed by atoms with van der Waals surface area (Å²) in [5.41, 5.74) is 1.03. The summed E-state index contributed by atoms with van der Waals surface area (Å²) in [4.78, 5) is 12.8. The molecule has 4 saturated carbocycles. The minimum absolute atomic E-state index is 0.0998. The molecule has 4 aliphatic carbocycles. The molecular weight excluding hydrogens is 322 g/mol. The van der Waals surface area contributed by atoms with Crippen LogP contribution in [0.15, 0.2) is 24.3 Å². The first kappa shape index (κ1) is 16.3. The third kappa shape index (κ3) is 2.92. The minimum atomic E-state index is -0.189. The van der Waals surface area contributed by atoms with Crippen molar-refractivity contribution in [1.29, 1.82) is 0 Å². The van der Waals surface area contributed by atoms with Gasteiger partial charge in [0, 0.05) is 11.4 Å². The topological polar surface area (TPSA) is 38.3 Å². The molecule has 4 bridgehead atoms. The monoisotopic (exact) mass is 347 g/mol. The van der Waals surface area contributed by atoms with Gasteiger partial charge < -0.3 is 10.1 Å². The van der Waals surface area contributed by atoms with Gasteiger partial charge in [-0.15, -0.1) is 11.6 Å². The number of nitrogens with one attached hydrogen (secondary N) is 1. The van der Waals surface area contributed by atoms with Crippen LogP contribution in [-0.2, 0) is 11.2 Å². The van der Waals surface area contributed by atoms with Crippen molar-refractivity contribution in [2.45, 2.75) is 49.8 Å². The van der Waals surface area contributed by atoms with Crippen LogP contribution >= 0.6 is 11.6 Å². The van der Waals surface area contributed by atoms with E-state index in [2.05, 4.69) is 17.4 Å². The molecule has 24 heavy (non-hydrogen) atoms. The highest BCUT2D eigenvalue weighted by Gasteiger charge is 2.59. The van der Waals surface area contributed by atoms with Crippen molar-refractivity contribution in [3.63, 3.8) is 0 Å². The number of halogens is 1. The summed E-state index contributed by atoms with van der Waals surface area (Å²) in [5, 5.41) is 3.21. The molecule has 5 rings (SSSR count). The summed E-state index contributed by atoms with van der Waals surface area (Å²) in [6.07, 6.45) is 7.35. The molecule has 0 aliphatic heterocycles. The second-order valence-electron chi connectivity index (χ2n) is 8.25. The van der Waals surface area contributed by atoms with Gasteiger partial charge >= 0.3 is 0 Å². The summed E-state index contributed by atoms with van der Waals surface area (Å²) < 4.78 is 5.18. The van der Waals surface area contributed by atoms with E-state index < -0.39 is 0 Å². The van der Waals surface area contributed by atoms with E-state index in [0.717, 1.165) is 44.3 Å². The fraction of sp³-hybridized carbons (Fsp3) is 0.650. The number of hydrogen-bond acceptors (Lipinski definition) is 2. The fourth-order valence-electron chi connectivity index (χ4n) is 5.72. The molecule has 1 N–H and O–H groups in total. The zero-order valence-electron chi connectivity index (χ0n) is 14.3. The second kappa shape index (κ2) is 5.94. The number of amides is 1. The Balaban J connectivity index is 1.36. The SMILES string of the molecule is COc1ccc(CCNC(=O)C23CC4CC(CC(Cl)(C4)C2)C3)cc1. The summed E-state index contributed by atoms with van der Waals surface area (Å²) in [5.74, 6) is 2.44. The van der Waals surface area contributed by atoms with Gasteiger partial charge in [0.25, 0.3) is 0 Å². The van der Waals surface area contributed by atoms with E-state index in [9.17, 15) is 4.79 Å². The largest absolute Gasteiger partial charge is 0.497 e. The Bertz CT molecular complexity index is 613. The van der Waals surface area contributed by atoms with Crippen molar-refractivity contribution in [2.75, 3.05) is 13.7 Å². The van der Waals surface area contributed by atoms with Gasteiger partial charge in [0.2, 0.25) is 5.91 Å². The van der Waals surface area contributed by atoms with E-state index in [0.29, 0.717) is 18.4 Å². The lowest BCUT2D eigenvalue weighted by molar-refractivity contribution is -0.144. The van der Waals surface area contributed by atoms with E-state index >= 15 is 0 Å². The smallest absolute Gasteiger partial charge is 0.226 e. The van der Waals surface area contributed by atoms with Gasteiger partial charge in [-0.1, -0.05) is 12.1 Å². The molecule has 1 amide bonds. The van der Waals surface area contributed by atoms with Crippen molar-refractivity contribution >= 4 is 17.5 Å². The number of carbonyl (C=O) groups is 1. The number of hydrogen-bond donors (Lipinski definition) is 1. The number of carbonyl (C=O) groups excluding carboxylic acids is 1. The Kier molecular flexibility index (Phi) is 4.03. The third-order valence-corrected chi connectivity index (χ3v) is 6.77. The lowest BCUT2D eigenvalue weighted by Crippen LogP contribution is -2.58. The Morgan fingerprint density at radius 3 is 2.46 bits per heavy atom. The van der Waals surface area contributed by atoms with E-state index in [1.54, 1.807) is 7.11 Å². The Morgan fingerprint density at radius 1 is 1.21 bits per heavy atom. The number of alkyl halides is 1. The molecule has 4 aliphatic rings. The van der Waals surface area contributed by atoms with E-state index in [1.807, 2.05) is 12.1 Å². The number of benzene rings is 1. The van der Waals surface area contributed by atoms with Crippen LogP contribution in [0.2, 0.25) is 0 Å². The van der Waals surface area contributed by atoms with Crippen LogP contribution in [-0.4, -0.2) is 24.4 Å². The molecule has 0 spiro atoms. The van der Waals surface area contributed by atoms with Crippen molar-refractivity contribution in [1.82, 2.24) is 5.32 Å². The van der Waals surface area contributed by atoms with Gasteiger partial charge in [-0.3, -0.25) is 4.79 Å². The normalized spacial score (nSPS) is 36.6. The molecular formula is C20H26ClNO2. The molecule has 4 heteroatoms. The predicted molar refractivity (Wildman–Crippen MR) is 95.4 cm³/mol. The fourth-order valence-corrected chi connectivity index (χ4v) is 6.41. The maximum absolute atomic E-state index is 12.9. The zero-order valence-corrected chi connectivity index (χ0v) is 15.1. The van der Waals surface area contributed by atoms with Crippen LogP contribution in [0.4, 0.5) is 0 Å². The molecule has 0 heterocycles. The van der Waals surface area contributed by atoms with Crippen LogP contribution in [0.3, 0.4) is 0 Å². The second-order valence-corrected chi connectivity index (χ2v) is 9.05. The lowest BCUT2D eigenvalue weighted by Gasteiger charge is -2.59. The molecule has 1 aromatic carbocycles. The summed E-state index contributed by atoms with van der Waals surface area (Å²) in [6, 6.07) is 8.05. The molecule has 0 aromatic heterocycles. The Morgan fingerprint density at radius 2 is 1.88 bits per heavy atom. The van der Waals surface area contributed by atoms with Crippen LogP contribution in [0.5, 0.6) is 5.75 Å². The van der Waals surface area contributed by atoms with Gasteiger partial charge in [-0.25, -0.2) is 0 Å². The highest BCUT2D eigenvalue weighted by atomic mass is 35.5. The first-order valence-corrected chi connectivity index (χ1v) is 9.48. The first-order valence-electron chi connectivity index (χ1n) is 9.10. The highest BCUT2D eigenvalue weighted by molar-refractivity contribution is 6.24. The third-order valence-electron chi connectivity index (χ3n) is 6.33. The van der Waals surface area contributed by atoms with E-state index in [4.69, 9.17) is 16.3 Å². The predicted octanol–water partition coefficient (Wildman–Crippen LogP) is 3.93. The molecule has 130 valence electrons. The Hall–Kier alpha value is -1.22. The molecule has 4 fully saturated rings. The van der Waals surface area contributed by atoms with E-state index in [-0.39, 0.29) is 16.2 Å². The standard InChI is InChI=1S/C20H26ClNO2/c1-24-17-4-2-14(3-5-17)6-7-22-18(23)19-9-15-8-16(10-19)12-20(21,11-15)13-19/h2-5,15-16H,6-13H2,1H3,(H,22,23). The Labute approximate surface area is 149 Å². The van der Waals surface area contributed by atoms with Crippen molar-refractivity contribution in [2.24, 2.45) is 17.3 Å². The maximum atomic E-state index is 12.9. The molecule has 0 radical (unpaired) electrons.